The summed E-state index contributed by atoms with van der Waals surface area (Å²) in [6, 6.07) is -1.51. The Morgan fingerprint density at radius 1 is 0.800 bits per heavy atom. The van der Waals surface area contributed by atoms with Gasteiger partial charge in [0.15, 0.2) is 0 Å². The van der Waals surface area contributed by atoms with Crippen molar-refractivity contribution in [3.8, 4) is 0 Å². The number of halogens is 3. The van der Waals surface area contributed by atoms with Crippen LogP contribution in [-0.2, 0) is 0 Å². The summed E-state index contributed by atoms with van der Waals surface area (Å²) in [4.78, 5) is 0. The van der Waals surface area contributed by atoms with Crippen LogP contribution in [0.2, 0.25) is 6.04 Å². The van der Waals surface area contributed by atoms with Crippen LogP contribution in [0.3, 0.4) is 0 Å². The van der Waals surface area contributed by atoms with E-state index in [0.717, 1.165) is 0 Å². The SMILES string of the molecule is C1=C(C2=CCCCCC2)CCCCC1.CC[Si](Cl)(Cl)Cl. The standard InChI is InChI=1S/C14H22.C2H5Cl3Si/c1-2-6-10-13(9-5-1)14-11-7-3-4-8-12-14;1-2-6(3,4)5/h9,11H,1-8,10,12H2;2H2,1H3. The summed E-state index contributed by atoms with van der Waals surface area (Å²) in [5, 5.41) is 0. The van der Waals surface area contributed by atoms with Crippen LogP contribution in [0.4, 0.5) is 0 Å². The molecule has 0 unspecified atom stereocenters. The zero-order chi connectivity index (χ0) is 14.8. The van der Waals surface area contributed by atoms with Crippen molar-refractivity contribution >= 4 is 39.2 Å². The van der Waals surface area contributed by atoms with Gasteiger partial charge >= 0.3 is 6.00 Å². The minimum absolute atomic E-state index is 0.706. The molecule has 0 N–H and O–H groups in total. The molecule has 4 heteroatoms. The Kier molecular flexibility index (Phi) is 9.60. The molecule has 116 valence electrons. The van der Waals surface area contributed by atoms with Crippen LogP contribution in [0, 0.1) is 0 Å². The molecule has 0 bridgehead atoms. The Morgan fingerprint density at radius 2 is 1.20 bits per heavy atom. The fraction of sp³-hybridized carbons (Fsp3) is 0.750. The van der Waals surface area contributed by atoms with Gasteiger partial charge in [0.1, 0.15) is 0 Å². The lowest BCUT2D eigenvalue weighted by molar-refractivity contribution is 0.699. The van der Waals surface area contributed by atoms with E-state index in [-0.39, 0.29) is 0 Å². The molecule has 0 aromatic rings. The van der Waals surface area contributed by atoms with E-state index >= 15 is 0 Å². The Bertz CT molecular complexity index is 303. The molecule has 0 nitrogen and oxygen atoms in total. The van der Waals surface area contributed by atoms with Gasteiger partial charge in [0.05, 0.1) is 0 Å². The maximum absolute atomic E-state index is 5.39. The molecule has 0 atom stereocenters. The first-order valence-electron chi connectivity index (χ1n) is 7.98. The van der Waals surface area contributed by atoms with Crippen molar-refractivity contribution in [2.45, 2.75) is 77.2 Å². The Hall–Kier alpha value is 0.567. The van der Waals surface area contributed by atoms with Gasteiger partial charge in [-0.25, -0.2) is 0 Å². The maximum Gasteiger partial charge on any atom is 0.341 e. The molecule has 0 saturated carbocycles. The highest BCUT2D eigenvalue weighted by molar-refractivity contribution is 7.64. The normalized spacial score (nSPS) is 20.8. The molecule has 0 aromatic carbocycles. The summed E-state index contributed by atoms with van der Waals surface area (Å²) in [7, 11) is 0. The van der Waals surface area contributed by atoms with Crippen LogP contribution in [0.5, 0.6) is 0 Å². The highest BCUT2D eigenvalue weighted by Gasteiger charge is 2.20. The van der Waals surface area contributed by atoms with Gasteiger partial charge in [0.2, 0.25) is 0 Å². The molecule has 0 aliphatic heterocycles. The highest BCUT2D eigenvalue weighted by atomic mass is 35.8. The summed E-state index contributed by atoms with van der Waals surface area (Å²) in [5.41, 5.74) is 3.40. The molecule has 2 rings (SSSR count). The molecular formula is C16H27Cl3Si. The molecule has 0 spiro atoms. The molecule has 2 aliphatic carbocycles. The minimum atomic E-state index is -2.21. The number of hydrogen-bond acceptors (Lipinski definition) is 0. The first-order valence-corrected chi connectivity index (χ1v) is 13.2. The lowest BCUT2D eigenvalue weighted by Crippen LogP contribution is -2.04. The number of hydrogen-bond donors (Lipinski definition) is 0. The average molecular weight is 354 g/mol. The van der Waals surface area contributed by atoms with Gasteiger partial charge < -0.3 is 0 Å². The Labute approximate surface area is 139 Å². The zero-order valence-electron chi connectivity index (χ0n) is 12.6. The molecule has 0 saturated heterocycles. The summed E-state index contributed by atoms with van der Waals surface area (Å²) in [6.07, 6.45) is 18.9. The van der Waals surface area contributed by atoms with E-state index in [0.29, 0.717) is 6.04 Å². The van der Waals surface area contributed by atoms with E-state index in [2.05, 4.69) is 12.2 Å². The maximum atomic E-state index is 5.39. The first-order chi connectivity index (χ1) is 9.53. The molecule has 0 amide bonds. The lowest BCUT2D eigenvalue weighted by Gasteiger charge is -2.09. The van der Waals surface area contributed by atoms with Gasteiger partial charge in [0, 0.05) is 0 Å². The van der Waals surface area contributed by atoms with Gasteiger partial charge in [-0.05, 0) is 68.6 Å². The van der Waals surface area contributed by atoms with Gasteiger partial charge in [-0.3, -0.25) is 0 Å². The molecule has 0 fully saturated rings. The van der Waals surface area contributed by atoms with E-state index in [1.54, 1.807) is 11.1 Å². The second-order valence-electron chi connectivity index (χ2n) is 5.63. The van der Waals surface area contributed by atoms with Crippen molar-refractivity contribution < 1.29 is 0 Å². The Morgan fingerprint density at radius 3 is 1.55 bits per heavy atom. The van der Waals surface area contributed by atoms with Crippen LogP contribution >= 0.6 is 33.2 Å². The minimum Gasteiger partial charge on any atom is -0.126 e. The first kappa shape index (κ1) is 18.6. The summed E-state index contributed by atoms with van der Waals surface area (Å²) in [5.74, 6) is 0. The van der Waals surface area contributed by atoms with E-state index < -0.39 is 6.00 Å². The molecule has 0 heterocycles. The van der Waals surface area contributed by atoms with Crippen LogP contribution in [-0.4, -0.2) is 6.00 Å². The molecule has 0 radical (unpaired) electrons. The monoisotopic (exact) mass is 352 g/mol. The summed E-state index contributed by atoms with van der Waals surface area (Å²) in [6.45, 7) is 1.87. The van der Waals surface area contributed by atoms with Crippen LogP contribution in [0.15, 0.2) is 23.3 Å². The van der Waals surface area contributed by atoms with Gasteiger partial charge in [-0.2, -0.15) is 0 Å². The summed E-state index contributed by atoms with van der Waals surface area (Å²) < 4.78 is 0. The van der Waals surface area contributed by atoms with E-state index in [1.165, 1.54) is 64.2 Å². The number of allylic oxidation sites excluding steroid dienone is 4. The predicted octanol–water partition coefficient (Wildman–Crippen LogP) is 7.43. The van der Waals surface area contributed by atoms with Crippen LogP contribution in [0.1, 0.15) is 71.1 Å². The van der Waals surface area contributed by atoms with Crippen molar-refractivity contribution in [3.05, 3.63) is 23.3 Å². The lowest BCUT2D eigenvalue weighted by atomic mass is 9.97. The van der Waals surface area contributed by atoms with Crippen LogP contribution < -0.4 is 0 Å². The molecule has 20 heavy (non-hydrogen) atoms. The highest BCUT2D eigenvalue weighted by Crippen LogP contribution is 2.29. The van der Waals surface area contributed by atoms with Crippen molar-refractivity contribution in [2.75, 3.05) is 0 Å². The van der Waals surface area contributed by atoms with Gasteiger partial charge in [-0.1, -0.05) is 31.9 Å². The van der Waals surface area contributed by atoms with Crippen LogP contribution in [0.25, 0.3) is 0 Å². The fourth-order valence-corrected chi connectivity index (χ4v) is 2.61. The molecular weight excluding hydrogens is 327 g/mol. The quantitative estimate of drug-likeness (QED) is 0.357. The van der Waals surface area contributed by atoms with E-state index in [1.807, 2.05) is 6.92 Å². The third-order valence-electron chi connectivity index (χ3n) is 3.90. The largest absolute Gasteiger partial charge is 0.341 e. The zero-order valence-corrected chi connectivity index (χ0v) is 15.8. The van der Waals surface area contributed by atoms with Gasteiger partial charge in [-0.15, -0.1) is 33.2 Å². The molecule has 2 aliphatic rings. The number of rotatable bonds is 2. The summed E-state index contributed by atoms with van der Waals surface area (Å²) >= 11 is 16.2. The topological polar surface area (TPSA) is 0 Å². The van der Waals surface area contributed by atoms with Gasteiger partial charge in [0.25, 0.3) is 0 Å². The second kappa shape index (κ2) is 10.3. The molecule has 0 aromatic heterocycles. The van der Waals surface area contributed by atoms with Crippen molar-refractivity contribution in [1.29, 1.82) is 0 Å². The predicted molar refractivity (Wildman–Crippen MR) is 96.1 cm³/mol. The van der Waals surface area contributed by atoms with Crippen molar-refractivity contribution in [2.24, 2.45) is 0 Å². The Balaban J connectivity index is 0.000000286. The average Bonchev–Trinajstić information content (AvgIpc) is 2.83. The van der Waals surface area contributed by atoms with E-state index in [9.17, 15) is 0 Å². The third kappa shape index (κ3) is 8.77. The smallest absolute Gasteiger partial charge is 0.126 e. The second-order valence-corrected chi connectivity index (χ2v) is 15.1. The van der Waals surface area contributed by atoms with Crippen molar-refractivity contribution in [3.63, 3.8) is 0 Å². The fourth-order valence-electron chi connectivity index (χ4n) is 2.61. The third-order valence-corrected chi connectivity index (χ3v) is 7.10. The van der Waals surface area contributed by atoms with E-state index in [4.69, 9.17) is 33.2 Å². The van der Waals surface area contributed by atoms with Crippen molar-refractivity contribution in [1.82, 2.24) is 0 Å².